The van der Waals surface area contributed by atoms with Gasteiger partial charge in [0.25, 0.3) is 0 Å². The molecule has 4 aromatic rings. The largest absolute Gasteiger partial charge is 0.351 e. The van der Waals surface area contributed by atoms with E-state index < -0.39 is 0 Å². The van der Waals surface area contributed by atoms with Gasteiger partial charge in [-0.2, -0.15) is 0 Å². The molecule has 234 valence electrons. The number of nitrogens with zero attached hydrogens (tertiary/aromatic N) is 5. The molecule has 3 heterocycles. The number of piperazine rings is 1. The summed E-state index contributed by atoms with van der Waals surface area (Å²) >= 11 is 11.5. The van der Waals surface area contributed by atoms with Crippen molar-refractivity contribution in [3.63, 3.8) is 0 Å². The molecule has 2 aliphatic rings. The number of anilines is 1. The first-order valence-electron chi connectivity index (χ1n) is 15.8. The third kappa shape index (κ3) is 8.42. The molecule has 1 fully saturated rings. The van der Waals surface area contributed by atoms with Crippen molar-refractivity contribution in [2.24, 2.45) is 0 Å². The first kappa shape index (κ1) is 32.9. The number of fused-ring (bicyclic) bond motifs is 2. The number of para-hydroxylation sites is 1. The zero-order valence-electron chi connectivity index (χ0n) is 26.6. The highest BCUT2D eigenvalue weighted by Gasteiger charge is 2.27. The number of hydrogen-bond donors (Lipinski definition) is 0. The molecule has 0 spiro atoms. The second-order valence-electron chi connectivity index (χ2n) is 11.7. The van der Waals surface area contributed by atoms with E-state index in [1.807, 2.05) is 25.1 Å². The number of halogens is 2. The van der Waals surface area contributed by atoms with E-state index in [1.54, 1.807) is 6.08 Å². The maximum atomic E-state index is 6.18. The third-order valence-electron chi connectivity index (χ3n) is 8.62. The molecule has 1 aromatic heterocycles. The average molecular weight is 641 g/mol. The van der Waals surface area contributed by atoms with Gasteiger partial charge >= 0.3 is 0 Å². The molecule has 0 N–H and O–H groups in total. The zero-order chi connectivity index (χ0) is 31.8. The third-order valence-corrected chi connectivity index (χ3v) is 8.99. The Labute approximate surface area is 278 Å². The molecular weight excluding hydrogens is 597 g/mol. The van der Waals surface area contributed by atoms with Gasteiger partial charge in [0.05, 0.1) is 18.1 Å². The van der Waals surface area contributed by atoms with E-state index in [0.717, 1.165) is 79.8 Å². The van der Waals surface area contributed by atoms with E-state index in [-0.39, 0.29) is 6.04 Å². The van der Waals surface area contributed by atoms with Gasteiger partial charge < -0.3 is 4.90 Å². The lowest BCUT2D eigenvalue weighted by molar-refractivity contribution is 0.102. The second-order valence-corrected chi connectivity index (χ2v) is 12.6. The van der Waals surface area contributed by atoms with E-state index >= 15 is 0 Å². The van der Waals surface area contributed by atoms with Crippen LogP contribution < -0.4 is 4.90 Å². The van der Waals surface area contributed by atoms with E-state index in [4.69, 9.17) is 33.2 Å². The molecule has 0 radical (unpaired) electrons. The standard InChI is InChI=1S/C33H36ClN5.C5H7Cl/c1-3-24(2)32(26-12-14-28(34)15-13-26)38-20-18-37(19-21-38)23-31-35-30-11-7-6-10-29(30)33(36-31)39-17-16-25-8-4-5-9-27(25)22-39;1-3-4-5(2)6/h3-15,32H,16-23H2,1-2H3;3-4H,2H2,1H3/b24-3+;4-3-. The minimum atomic E-state index is 0.278. The minimum Gasteiger partial charge on any atom is -0.351 e. The number of rotatable bonds is 7. The molecule has 1 unspecified atom stereocenters. The number of aromatic nitrogens is 2. The number of hydrogen-bond acceptors (Lipinski definition) is 5. The van der Waals surface area contributed by atoms with Crippen LogP contribution in [0.5, 0.6) is 0 Å². The van der Waals surface area contributed by atoms with Gasteiger partial charge in [0.2, 0.25) is 0 Å². The van der Waals surface area contributed by atoms with Gasteiger partial charge in [0.15, 0.2) is 0 Å². The minimum absolute atomic E-state index is 0.278. The maximum Gasteiger partial charge on any atom is 0.145 e. The lowest BCUT2D eigenvalue weighted by atomic mass is 9.97. The molecule has 0 bridgehead atoms. The van der Waals surface area contributed by atoms with Crippen molar-refractivity contribution in [2.75, 3.05) is 37.6 Å². The van der Waals surface area contributed by atoms with Crippen molar-refractivity contribution >= 4 is 39.9 Å². The predicted molar refractivity (Wildman–Crippen MR) is 191 cm³/mol. The summed E-state index contributed by atoms with van der Waals surface area (Å²) in [6.07, 6.45) is 6.86. The average Bonchev–Trinajstić information content (AvgIpc) is 3.06. The Morgan fingerprint density at radius 3 is 2.24 bits per heavy atom. The summed E-state index contributed by atoms with van der Waals surface area (Å²) in [5.41, 5.74) is 6.55. The monoisotopic (exact) mass is 639 g/mol. The molecule has 0 aliphatic carbocycles. The molecular formula is C38H43Cl2N5. The van der Waals surface area contributed by atoms with Crippen LogP contribution in [0.2, 0.25) is 5.02 Å². The number of benzene rings is 3. The quantitative estimate of drug-likeness (QED) is 0.149. The van der Waals surface area contributed by atoms with E-state index in [9.17, 15) is 0 Å². The van der Waals surface area contributed by atoms with Gasteiger partial charge in [-0.1, -0.05) is 96.0 Å². The summed E-state index contributed by atoms with van der Waals surface area (Å²) in [7, 11) is 0. The Bertz CT molecular complexity index is 1650. The fraction of sp³-hybridized carbons (Fsp3) is 0.316. The highest BCUT2D eigenvalue weighted by atomic mass is 35.5. The van der Waals surface area contributed by atoms with Crippen LogP contribution in [0, 0.1) is 0 Å². The summed E-state index contributed by atoms with van der Waals surface area (Å²) in [6, 6.07) is 25.8. The van der Waals surface area contributed by atoms with Crippen LogP contribution in [0.25, 0.3) is 10.9 Å². The van der Waals surface area contributed by atoms with Crippen LogP contribution >= 0.6 is 23.2 Å². The van der Waals surface area contributed by atoms with Gasteiger partial charge in [-0.05, 0) is 74.2 Å². The lowest BCUT2D eigenvalue weighted by Gasteiger charge is -2.40. The molecule has 0 amide bonds. The van der Waals surface area contributed by atoms with Crippen molar-refractivity contribution in [3.8, 4) is 0 Å². The zero-order valence-corrected chi connectivity index (χ0v) is 28.1. The van der Waals surface area contributed by atoms with Gasteiger partial charge in [-0.15, -0.1) is 0 Å². The Morgan fingerprint density at radius 2 is 1.58 bits per heavy atom. The second kappa shape index (κ2) is 15.7. The molecule has 1 atom stereocenters. The maximum absolute atomic E-state index is 6.18. The SMILES string of the molecule is C/C=C(\C)C(c1ccc(Cl)cc1)N1CCN(Cc2nc(N3CCc4ccccc4C3)c3ccccc3n2)CC1.C=C(Cl)/C=C\C. The summed E-state index contributed by atoms with van der Waals surface area (Å²) in [6.45, 7) is 16.3. The van der Waals surface area contributed by atoms with Crippen LogP contribution in [0.15, 0.2) is 108 Å². The molecule has 6 rings (SSSR count). The van der Waals surface area contributed by atoms with Gasteiger partial charge in [0.1, 0.15) is 11.6 Å². The fourth-order valence-electron chi connectivity index (χ4n) is 6.22. The van der Waals surface area contributed by atoms with E-state index in [1.165, 1.54) is 22.3 Å². The molecule has 3 aromatic carbocycles. The molecule has 5 nitrogen and oxygen atoms in total. The first-order valence-corrected chi connectivity index (χ1v) is 16.5. The molecule has 2 aliphatic heterocycles. The molecule has 1 saturated heterocycles. The normalized spacial score (nSPS) is 16.7. The van der Waals surface area contributed by atoms with Crippen molar-refractivity contribution in [3.05, 3.63) is 136 Å². The topological polar surface area (TPSA) is 35.5 Å². The van der Waals surface area contributed by atoms with Crippen molar-refractivity contribution in [2.45, 2.75) is 46.3 Å². The van der Waals surface area contributed by atoms with Crippen LogP contribution in [0.1, 0.15) is 49.3 Å². The Hall–Kier alpha value is -3.48. The van der Waals surface area contributed by atoms with Crippen molar-refractivity contribution in [1.82, 2.24) is 19.8 Å². The summed E-state index contributed by atoms with van der Waals surface area (Å²) < 4.78 is 0. The van der Waals surface area contributed by atoms with Crippen molar-refractivity contribution in [1.29, 1.82) is 0 Å². The molecule has 7 heteroatoms. The number of allylic oxidation sites excluding steroid dienone is 4. The van der Waals surface area contributed by atoms with Gasteiger partial charge in [-0.3, -0.25) is 9.80 Å². The Morgan fingerprint density at radius 1 is 0.889 bits per heavy atom. The lowest BCUT2D eigenvalue weighted by Crippen LogP contribution is -2.47. The highest BCUT2D eigenvalue weighted by molar-refractivity contribution is 6.31. The van der Waals surface area contributed by atoms with Gasteiger partial charge in [0, 0.05) is 54.7 Å². The molecule has 0 saturated carbocycles. The van der Waals surface area contributed by atoms with Gasteiger partial charge in [-0.25, -0.2) is 9.97 Å². The smallest absolute Gasteiger partial charge is 0.145 e. The first-order chi connectivity index (χ1) is 21.9. The van der Waals surface area contributed by atoms with Crippen LogP contribution in [-0.2, 0) is 19.5 Å². The summed E-state index contributed by atoms with van der Waals surface area (Å²) in [5.74, 6) is 1.98. The van der Waals surface area contributed by atoms with Crippen LogP contribution in [0.3, 0.4) is 0 Å². The fourth-order valence-corrected chi connectivity index (χ4v) is 6.47. The Kier molecular flexibility index (Phi) is 11.5. The predicted octanol–water partition coefficient (Wildman–Crippen LogP) is 8.99. The van der Waals surface area contributed by atoms with E-state index in [0.29, 0.717) is 5.03 Å². The van der Waals surface area contributed by atoms with Crippen molar-refractivity contribution < 1.29 is 0 Å². The highest BCUT2D eigenvalue weighted by Crippen LogP contribution is 2.32. The summed E-state index contributed by atoms with van der Waals surface area (Å²) in [4.78, 5) is 17.7. The van der Waals surface area contributed by atoms with Crippen LogP contribution in [0.4, 0.5) is 5.82 Å². The van der Waals surface area contributed by atoms with Crippen LogP contribution in [-0.4, -0.2) is 52.5 Å². The Balaban J connectivity index is 0.000000609. The summed E-state index contributed by atoms with van der Waals surface area (Å²) in [5, 5.41) is 2.50. The molecule has 45 heavy (non-hydrogen) atoms. The van der Waals surface area contributed by atoms with E-state index in [2.05, 4.69) is 102 Å².